The van der Waals surface area contributed by atoms with Crippen molar-refractivity contribution in [1.82, 2.24) is 19.7 Å². The molecule has 0 aliphatic heterocycles. The highest BCUT2D eigenvalue weighted by Crippen LogP contribution is 2.52. The van der Waals surface area contributed by atoms with E-state index in [0.717, 1.165) is 35.5 Å². The number of hydrogen-bond acceptors (Lipinski definition) is 6. The molecule has 0 spiro atoms. The van der Waals surface area contributed by atoms with Crippen molar-refractivity contribution >= 4 is 11.6 Å². The number of anilines is 1. The Bertz CT molecular complexity index is 1340. The standard InChI is InChI=1S/C26H25N5O3/c1-17-14-18(2)31(30-17)23-15-24(28-16-27-23)34-20-10-8-19(9-11-20)29-25(32)26(12-13-26)21-6-4-5-7-22(21)33-3/h4-11,14-16H,12-13H2,1-3H3,(H,29,32). The van der Waals surface area contributed by atoms with Crippen LogP contribution in [0.3, 0.4) is 0 Å². The van der Waals surface area contributed by atoms with E-state index in [2.05, 4.69) is 20.4 Å². The summed E-state index contributed by atoms with van der Waals surface area (Å²) < 4.78 is 13.1. The van der Waals surface area contributed by atoms with Gasteiger partial charge in [0.05, 0.1) is 18.2 Å². The molecule has 2 aromatic carbocycles. The molecule has 1 amide bonds. The summed E-state index contributed by atoms with van der Waals surface area (Å²) in [5.74, 6) is 2.34. The number of carbonyl (C=O) groups excluding carboxylic acids is 1. The van der Waals surface area contributed by atoms with E-state index in [1.54, 1.807) is 30.0 Å². The van der Waals surface area contributed by atoms with Gasteiger partial charge in [-0.15, -0.1) is 0 Å². The molecule has 2 aromatic heterocycles. The molecule has 8 heteroatoms. The van der Waals surface area contributed by atoms with E-state index < -0.39 is 5.41 Å². The van der Waals surface area contributed by atoms with Crippen molar-refractivity contribution in [3.05, 3.63) is 83.9 Å². The Balaban J connectivity index is 1.28. The summed E-state index contributed by atoms with van der Waals surface area (Å²) in [6.45, 7) is 3.90. The van der Waals surface area contributed by atoms with E-state index >= 15 is 0 Å². The van der Waals surface area contributed by atoms with Gasteiger partial charge in [0, 0.05) is 23.0 Å². The topological polar surface area (TPSA) is 91.2 Å². The normalized spacial score (nSPS) is 13.9. The molecule has 2 heterocycles. The van der Waals surface area contributed by atoms with Crippen LogP contribution in [0.4, 0.5) is 5.69 Å². The molecule has 8 nitrogen and oxygen atoms in total. The van der Waals surface area contributed by atoms with Gasteiger partial charge in [-0.1, -0.05) is 18.2 Å². The number of nitrogens with one attached hydrogen (secondary N) is 1. The highest BCUT2D eigenvalue weighted by atomic mass is 16.5. The van der Waals surface area contributed by atoms with Crippen molar-refractivity contribution in [2.75, 3.05) is 12.4 Å². The van der Waals surface area contributed by atoms with Gasteiger partial charge in [0.15, 0.2) is 5.82 Å². The average molecular weight is 456 g/mol. The number of benzene rings is 2. The van der Waals surface area contributed by atoms with Gasteiger partial charge >= 0.3 is 0 Å². The van der Waals surface area contributed by atoms with Crippen LogP contribution in [0.25, 0.3) is 5.82 Å². The Morgan fingerprint density at radius 3 is 2.47 bits per heavy atom. The number of aromatic nitrogens is 4. The van der Waals surface area contributed by atoms with Gasteiger partial charge in [-0.25, -0.2) is 14.6 Å². The summed E-state index contributed by atoms with van der Waals surface area (Å²) in [4.78, 5) is 21.6. The zero-order valence-corrected chi connectivity index (χ0v) is 19.3. The van der Waals surface area contributed by atoms with Crippen LogP contribution < -0.4 is 14.8 Å². The van der Waals surface area contributed by atoms with Gasteiger partial charge in [-0.2, -0.15) is 5.10 Å². The second kappa shape index (κ2) is 8.62. The van der Waals surface area contributed by atoms with E-state index in [1.807, 2.05) is 56.3 Å². The molecule has 4 aromatic rings. The fraction of sp³-hybridized carbons (Fsp3) is 0.231. The molecular formula is C26H25N5O3. The maximum Gasteiger partial charge on any atom is 0.235 e. The number of aryl methyl sites for hydroxylation is 2. The van der Waals surface area contributed by atoms with E-state index in [4.69, 9.17) is 9.47 Å². The third kappa shape index (κ3) is 4.10. The Labute approximate surface area is 197 Å². The maximum atomic E-state index is 13.1. The maximum absolute atomic E-state index is 13.1. The summed E-state index contributed by atoms with van der Waals surface area (Å²) >= 11 is 0. The number of carbonyl (C=O) groups is 1. The van der Waals surface area contributed by atoms with E-state index in [1.165, 1.54) is 6.33 Å². The molecule has 1 aliphatic rings. The van der Waals surface area contributed by atoms with E-state index in [9.17, 15) is 4.79 Å². The largest absolute Gasteiger partial charge is 0.496 e. The highest BCUT2D eigenvalue weighted by Gasteiger charge is 2.52. The summed E-state index contributed by atoms with van der Waals surface area (Å²) in [5.41, 5.74) is 2.97. The predicted octanol–water partition coefficient (Wildman–Crippen LogP) is 4.75. The monoisotopic (exact) mass is 455 g/mol. The van der Waals surface area contributed by atoms with Gasteiger partial charge in [-0.3, -0.25) is 4.79 Å². The van der Waals surface area contributed by atoms with Gasteiger partial charge in [-0.05, 0) is 63.1 Å². The van der Waals surface area contributed by atoms with Crippen LogP contribution >= 0.6 is 0 Å². The van der Waals surface area contributed by atoms with Crippen molar-refractivity contribution < 1.29 is 14.3 Å². The minimum Gasteiger partial charge on any atom is -0.496 e. The number of amides is 1. The summed E-state index contributed by atoms with van der Waals surface area (Å²) in [6, 6.07) is 18.6. The molecule has 0 bridgehead atoms. The number of para-hydroxylation sites is 1. The first-order valence-corrected chi connectivity index (χ1v) is 11.1. The minimum atomic E-state index is -0.540. The molecule has 0 unspecified atom stereocenters. The lowest BCUT2D eigenvalue weighted by Crippen LogP contribution is -2.28. The zero-order chi connectivity index (χ0) is 23.7. The number of rotatable bonds is 7. The first-order valence-electron chi connectivity index (χ1n) is 11.1. The summed E-state index contributed by atoms with van der Waals surface area (Å²) in [7, 11) is 1.63. The van der Waals surface area contributed by atoms with Gasteiger partial charge < -0.3 is 14.8 Å². The van der Waals surface area contributed by atoms with Crippen molar-refractivity contribution in [2.45, 2.75) is 32.1 Å². The molecular weight excluding hydrogens is 430 g/mol. The van der Waals surface area contributed by atoms with Crippen molar-refractivity contribution in [2.24, 2.45) is 0 Å². The zero-order valence-electron chi connectivity index (χ0n) is 19.3. The van der Waals surface area contributed by atoms with Crippen LogP contribution in [-0.2, 0) is 10.2 Å². The van der Waals surface area contributed by atoms with Gasteiger partial charge in [0.1, 0.15) is 17.8 Å². The second-order valence-electron chi connectivity index (χ2n) is 8.42. The lowest BCUT2D eigenvalue weighted by Gasteiger charge is -2.18. The average Bonchev–Trinajstić information content (AvgIpc) is 3.59. The van der Waals surface area contributed by atoms with E-state index in [0.29, 0.717) is 23.1 Å². The number of methoxy groups -OCH3 is 1. The molecule has 172 valence electrons. The SMILES string of the molecule is COc1ccccc1C1(C(=O)Nc2ccc(Oc3cc(-n4nc(C)cc4C)ncn3)cc2)CC1. The Hall–Kier alpha value is -4.20. The molecule has 1 N–H and O–H groups in total. The number of ether oxygens (including phenoxy) is 2. The lowest BCUT2D eigenvalue weighted by molar-refractivity contribution is -0.118. The highest BCUT2D eigenvalue weighted by molar-refractivity contribution is 6.01. The van der Waals surface area contributed by atoms with Crippen LogP contribution in [-0.4, -0.2) is 32.8 Å². The Morgan fingerprint density at radius 2 is 1.79 bits per heavy atom. The number of hydrogen-bond donors (Lipinski definition) is 1. The minimum absolute atomic E-state index is 0.0315. The molecule has 34 heavy (non-hydrogen) atoms. The third-order valence-electron chi connectivity index (χ3n) is 6.00. The van der Waals surface area contributed by atoms with E-state index in [-0.39, 0.29) is 5.91 Å². The Morgan fingerprint density at radius 1 is 1.03 bits per heavy atom. The fourth-order valence-electron chi connectivity index (χ4n) is 4.12. The lowest BCUT2D eigenvalue weighted by atomic mass is 9.94. The molecule has 0 radical (unpaired) electrons. The molecule has 1 saturated carbocycles. The first kappa shape index (κ1) is 21.6. The van der Waals surface area contributed by atoms with Crippen LogP contribution in [0.1, 0.15) is 29.8 Å². The Kier molecular flexibility index (Phi) is 5.49. The van der Waals surface area contributed by atoms with Crippen molar-refractivity contribution in [3.63, 3.8) is 0 Å². The van der Waals surface area contributed by atoms with Crippen LogP contribution in [0, 0.1) is 13.8 Å². The second-order valence-corrected chi connectivity index (χ2v) is 8.42. The van der Waals surface area contributed by atoms with Crippen molar-refractivity contribution in [3.8, 4) is 23.2 Å². The third-order valence-corrected chi connectivity index (χ3v) is 6.00. The number of nitrogens with zero attached hydrogens (tertiary/aromatic N) is 4. The molecule has 1 aliphatic carbocycles. The van der Waals surface area contributed by atoms with Gasteiger partial charge in [0.25, 0.3) is 0 Å². The molecule has 0 saturated heterocycles. The molecule has 1 fully saturated rings. The summed E-state index contributed by atoms with van der Waals surface area (Å²) in [6.07, 6.45) is 3.04. The smallest absolute Gasteiger partial charge is 0.235 e. The fourth-order valence-corrected chi connectivity index (χ4v) is 4.12. The first-order chi connectivity index (χ1) is 16.5. The van der Waals surface area contributed by atoms with Gasteiger partial charge in [0.2, 0.25) is 11.8 Å². The molecule has 5 rings (SSSR count). The van der Waals surface area contributed by atoms with Crippen LogP contribution in [0.2, 0.25) is 0 Å². The summed E-state index contributed by atoms with van der Waals surface area (Å²) in [5, 5.41) is 7.49. The van der Waals surface area contributed by atoms with Crippen molar-refractivity contribution in [1.29, 1.82) is 0 Å². The van der Waals surface area contributed by atoms with Crippen LogP contribution in [0.15, 0.2) is 67.0 Å². The quantitative estimate of drug-likeness (QED) is 0.432. The molecule has 0 atom stereocenters. The predicted molar refractivity (Wildman–Crippen MR) is 128 cm³/mol. The van der Waals surface area contributed by atoms with Crippen LogP contribution in [0.5, 0.6) is 17.4 Å².